The van der Waals surface area contributed by atoms with Crippen LogP contribution in [0.3, 0.4) is 0 Å². The molecule has 0 aliphatic heterocycles. The SMILES string of the molecule is Cc1cc(Br)cc(NC(=O)c2cccc(C)c2F)c1. The Bertz CT molecular complexity index is 620. The van der Waals surface area contributed by atoms with E-state index in [1.54, 1.807) is 25.1 Å². The van der Waals surface area contributed by atoms with E-state index in [1.165, 1.54) is 6.07 Å². The molecule has 1 N–H and O–H groups in total. The number of anilines is 1. The number of nitrogens with one attached hydrogen (secondary N) is 1. The lowest BCUT2D eigenvalue weighted by Crippen LogP contribution is -2.14. The highest BCUT2D eigenvalue weighted by Crippen LogP contribution is 2.20. The quantitative estimate of drug-likeness (QED) is 0.869. The number of rotatable bonds is 2. The second-order valence-electron chi connectivity index (χ2n) is 4.41. The van der Waals surface area contributed by atoms with Gasteiger partial charge in [-0.1, -0.05) is 28.1 Å². The number of carbonyl (C=O) groups is 1. The van der Waals surface area contributed by atoms with Crippen molar-refractivity contribution in [2.45, 2.75) is 13.8 Å². The highest BCUT2D eigenvalue weighted by atomic mass is 79.9. The van der Waals surface area contributed by atoms with Crippen LogP contribution >= 0.6 is 15.9 Å². The first-order valence-corrected chi connectivity index (χ1v) is 6.60. The molecule has 0 aromatic heterocycles. The van der Waals surface area contributed by atoms with Gasteiger partial charge < -0.3 is 5.32 Å². The third-order valence-corrected chi connectivity index (χ3v) is 3.19. The van der Waals surface area contributed by atoms with Gasteiger partial charge in [0.2, 0.25) is 0 Å². The summed E-state index contributed by atoms with van der Waals surface area (Å²) in [5, 5.41) is 2.70. The van der Waals surface area contributed by atoms with Crippen molar-refractivity contribution in [3.63, 3.8) is 0 Å². The van der Waals surface area contributed by atoms with Crippen LogP contribution < -0.4 is 5.32 Å². The van der Waals surface area contributed by atoms with E-state index < -0.39 is 11.7 Å². The van der Waals surface area contributed by atoms with Gasteiger partial charge in [0, 0.05) is 10.2 Å². The summed E-state index contributed by atoms with van der Waals surface area (Å²) >= 11 is 3.36. The third-order valence-electron chi connectivity index (χ3n) is 2.74. The normalized spacial score (nSPS) is 10.3. The van der Waals surface area contributed by atoms with Crippen LogP contribution in [0.1, 0.15) is 21.5 Å². The summed E-state index contributed by atoms with van der Waals surface area (Å²) in [6.45, 7) is 3.56. The fourth-order valence-electron chi connectivity index (χ4n) is 1.83. The van der Waals surface area contributed by atoms with Crippen LogP contribution in [-0.4, -0.2) is 5.91 Å². The Hall–Kier alpha value is -1.68. The predicted molar refractivity (Wildman–Crippen MR) is 78.0 cm³/mol. The first kappa shape index (κ1) is 13.7. The molecule has 19 heavy (non-hydrogen) atoms. The van der Waals surface area contributed by atoms with Crippen molar-refractivity contribution in [1.29, 1.82) is 0 Å². The topological polar surface area (TPSA) is 29.1 Å². The van der Waals surface area contributed by atoms with Crippen molar-refractivity contribution >= 4 is 27.5 Å². The van der Waals surface area contributed by atoms with Crippen LogP contribution in [0.15, 0.2) is 40.9 Å². The first-order valence-electron chi connectivity index (χ1n) is 5.81. The zero-order valence-electron chi connectivity index (χ0n) is 10.6. The lowest BCUT2D eigenvalue weighted by Gasteiger charge is -2.08. The number of hydrogen-bond acceptors (Lipinski definition) is 1. The molecule has 98 valence electrons. The zero-order chi connectivity index (χ0) is 14.0. The monoisotopic (exact) mass is 321 g/mol. The summed E-state index contributed by atoms with van der Waals surface area (Å²) < 4.78 is 14.7. The van der Waals surface area contributed by atoms with E-state index in [0.29, 0.717) is 11.3 Å². The van der Waals surface area contributed by atoms with Crippen LogP contribution in [0.5, 0.6) is 0 Å². The van der Waals surface area contributed by atoms with Crippen molar-refractivity contribution in [2.24, 2.45) is 0 Å². The molecule has 2 aromatic rings. The molecule has 4 heteroatoms. The van der Waals surface area contributed by atoms with Gasteiger partial charge in [0.15, 0.2) is 0 Å². The van der Waals surface area contributed by atoms with Crippen LogP contribution in [0.25, 0.3) is 0 Å². The molecule has 1 amide bonds. The Morgan fingerprint density at radius 2 is 1.95 bits per heavy atom. The molecule has 0 spiro atoms. The minimum absolute atomic E-state index is 0.0534. The highest BCUT2D eigenvalue weighted by molar-refractivity contribution is 9.10. The lowest BCUT2D eigenvalue weighted by atomic mass is 10.1. The molecular formula is C15H13BrFNO. The van der Waals surface area contributed by atoms with Gasteiger partial charge in [0.25, 0.3) is 5.91 Å². The van der Waals surface area contributed by atoms with Gasteiger partial charge in [-0.05, 0) is 49.2 Å². The van der Waals surface area contributed by atoms with Crippen molar-refractivity contribution in [2.75, 3.05) is 5.32 Å². The number of halogens is 2. The first-order chi connectivity index (χ1) is 8.97. The maximum absolute atomic E-state index is 13.8. The van der Waals surface area contributed by atoms with Gasteiger partial charge in [-0.2, -0.15) is 0 Å². The number of hydrogen-bond donors (Lipinski definition) is 1. The highest BCUT2D eigenvalue weighted by Gasteiger charge is 2.13. The predicted octanol–water partition coefficient (Wildman–Crippen LogP) is 4.46. The zero-order valence-corrected chi connectivity index (χ0v) is 12.2. The van der Waals surface area contributed by atoms with Gasteiger partial charge in [0.05, 0.1) is 5.56 Å². The molecule has 2 aromatic carbocycles. The van der Waals surface area contributed by atoms with Crippen LogP contribution in [0.4, 0.5) is 10.1 Å². The Morgan fingerprint density at radius 1 is 1.21 bits per heavy atom. The summed E-state index contributed by atoms with van der Waals surface area (Å²) in [6.07, 6.45) is 0. The molecule has 0 bridgehead atoms. The van der Waals surface area contributed by atoms with E-state index in [1.807, 2.05) is 19.1 Å². The fraction of sp³-hybridized carbons (Fsp3) is 0.133. The Morgan fingerprint density at radius 3 is 2.63 bits per heavy atom. The lowest BCUT2D eigenvalue weighted by molar-refractivity contribution is 0.102. The van der Waals surface area contributed by atoms with Crippen LogP contribution in [0, 0.1) is 19.7 Å². The minimum Gasteiger partial charge on any atom is -0.322 e. The second-order valence-corrected chi connectivity index (χ2v) is 5.32. The number of carbonyl (C=O) groups excluding carboxylic acids is 1. The number of aryl methyl sites for hydroxylation is 2. The molecular weight excluding hydrogens is 309 g/mol. The Balaban J connectivity index is 2.28. The molecule has 0 heterocycles. The summed E-state index contributed by atoms with van der Waals surface area (Å²) in [6, 6.07) is 10.3. The second kappa shape index (κ2) is 5.53. The maximum atomic E-state index is 13.8. The van der Waals surface area contributed by atoms with Crippen LogP contribution in [-0.2, 0) is 0 Å². The average Bonchev–Trinajstić information content (AvgIpc) is 2.31. The molecule has 2 rings (SSSR count). The van der Waals surface area contributed by atoms with Crippen molar-refractivity contribution in [3.8, 4) is 0 Å². The van der Waals surface area contributed by atoms with Crippen molar-refractivity contribution in [1.82, 2.24) is 0 Å². The molecule has 0 aliphatic rings. The van der Waals surface area contributed by atoms with Gasteiger partial charge in [-0.25, -0.2) is 4.39 Å². The van der Waals surface area contributed by atoms with E-state index in [4.69, 9.17) is 0 Å². The van der Waals surface area contributed by atoms with E-state index in [-0.39, 0.29) is 5.56 Å². The molecule has 0 unspecified atom stereocenters. The van der Waals surface area contributed by atoms with Gasteiger partial charge >= 0.3 is 0 Å². The maximum Gasteiger partial charge on any atom is 0.258 e. The van der Waals surface area contributed by atoms with Crippen molar-refractivity contribution in [3.05, 3.63) is 63.4 Å². The summed E-state index contributed by atoms with van der Waals surface area (Å²) in [4.78, 5) is 12.0. The minimum atomic E-state index is -0.480. The smallest absolute Gasteiger partial charge is 0.258 e. The van der Waals surface area contributed by atoms with Gasteiger partial charge in [-0.15, -0.1) is 0 Å². The number of benzene rings is 2. The van der Waals surface area contributed by atoms with E-state index >= 15 is 0 Å². The third kappa shape index (κ3) is 3.20. The largest absolute Gasteiger partial charge is 0.322 e. The van der Waals surface area contributed by atoms with E-state index in [2.05, 4.69) is 21.2 Å². The summed E-state index contributed by atoms with van der Waals surface area (Å²) in [5.74, 6) is -0.926. The standard InChI is InChI=1S/C15H13BrFNO/c1-9-6-11(16)8-12(7-9)18-15(19)13-5-3-4-10(2)14(13)17/h3-8H,1-2H3,(H,18,19). The molecule has 2 nitrogen and oxygen atoms in total. The summed E-state index contributed by atoms with van der Waals surface area (Å²) in [5.41, 5.74) is 2.16. The summed E-state index contributed by atoms with van der Waals surface area (Å²) in [7, 11) is 0. The van der Waals surface area contributed by atoms with E-state index in [0.717, 1.165) is 10.0 Å². The number of amides is 1. The van der Waals surface area contributed by atoms with Crippen molar-refractivity contribution < 1.29 is 9.18 Å². The Kier molecular flexibility index (Phi) is 4.00. The van der Waals surface area contributed by atoms with E-state index in [9.17, 15) is 9.18 Å². The molecule has 0 atom stereocenters. The molecule has 0 aliphatic carbocycles. The molecule has 0 saturated carbocycles. The fourth-order valence-corrected chi connectivity index (χ4v) is 2.44. The van der Waals surface area contributed by atoms with Gasteiger partial charge in [0.1, 0.15) is 5.82 Å². The Labute approximate surface area is 119 Å². The molecule has 0 radical (unpaired) electrons. The van der Waals surface area contributed by atoms with Crippen LogP contribution in [0.2, 0.25) is 0 Å². The average molecular weight is 322 g/mol. The van der Waals surface area contributed by atoms with Gasteiger partial charge in [-0.3, -0.25) is 4.79 Å². The molecule has 0 fully saturated rings. The molecule has 0 saturated heterocycles.